The van der Waals surface area contributed by atoms with Crippen LogP contribution in [0.25, 0.3) is 0 Å². The summed E-state index contributed by atoms with van der Waals surface area (Å²) in [6.07, 6.45) is 0. The Bertz CT molecular complexity index is 562. The zero-order valence-electron chi connectivity index (χ0n) is 10.2. The van der Waals surface area contributed by atoms with Crippen LogP contribution in [0.1, 0.15) is 6.92 Å². The van der Waals surface area contributed by atoms with Gasteiger partial charge in [0.25, 0.3) is 5.69 Å². The number of nitro groups is 1. The number of anilines is 1. The second kappa shape index (κ2) is 6.43. The largest absolute Gasteiger partial charge is 0.316 e. The topological polar surface area (TPSA) is 101 Å². The first-order chi connectivity index (χ1) is 8.85. The summed E-state index contributed by atoms with van der Waals surface area (Å²) in [5, 5.41) is 13.4. The molecule has 0 aliphatic heterocycles. The van der Waals surface area contributed by atoms with E-state index in [1.54, 1.807) is 0 Å². The smallest absolute Gasteiger partial charge is 0.271 e. The fourth-order valence-electron chi connectivity index (χ4n) is 1.31. The molecule has 0 aliphatic rings. The standard InChI is InChI=1S/C10H14FN3O4S/c1-2-12-5-6-19(17,18)13-10-7-8(14(15)16)3-4-9(10)11/h3-4,7,12-13H,2,5-6H2,1H3. The van der Waals surface area contributed by atoms with E-state index in [1.807, 2.05) is 11.6 Å². The van der Waals surface area contributed by atoms with E-state index in [0.717, 1.165) is 18.2 Å². The Morgan fingerprint density at radius 3 is 2.68 bits per heavy atom. The number of non-ortho nitro benzene ring substituents is 1. The molecule has 0 unspecified atom stereocenters. The van der Waals surface area contributed by atoms with Crippen molar-refractivity contribution in [2.45, 2.75) is 6.92 Å². The van der Waals surface area contributed by atoms with Crippen molar-refractivity contribution in [2.75, 3.05) is 23.6 Å². The van der Waals surface area contributed by atoms with Crippen molar-refractivity contribution >= 4 is 21.4 Å². The Morgan fingerprint density at radius 2 is 2.11 bits per heavy atom. The Labute approximate surface area is 110 Å². The van der Waals surface area contributed by atoms with Gasteiger partial charge in [0.2, 0.25) is 10.0 Å². The maximum atomic E-state index is 13.4. The fraction of sp³-hybridized carbons (Fsp3) is 0.400. The number of hydrogen-bond acceptors (Lipinski definition) is 5. The molecule has 0 aromatic heterocycles. The van der Waals surface area contributed by atoms with E-state index >= 15 is 0 Å². The number of nitrogens with one attached hydrogen (secondary N) is 2. The van der Waals surface area contributed by atoms with Gasteiger partial charge in [-0.05, 0) is 12.6 Å². The first-order valence-corrected chi connectivity index (χ1v) is 7.16. The molecule has 0 saturated heterocycles. The summed E-state index contributed by atoms with van der Waals surface area (Å²) in [6, 6.07) is 2.66. The van der Waals surface area contributed by atoms with Gasteiger partial charge in [-0.2, -0.15) is 0 Å². The Kier molecular flexibility index (Phi) is 5.19. The number of nitro benzene ring substituents is 1. The molecule has 0 amide bonds. The van der Waals surface area contributed by atoms with Crippen LogP contribution >= 0.6 is 0 Å². The van der Waals surface area contributed by atoms with Crippen LogP contribution in [-0.4, -0.2) is 32.2 Å². The lowest BCUT2D eigenvalue weighted by molar-refractivity contribution is -0.384. The van der Waals surface area contributed by atoms with Gasteiger partial charge in [-0.15, -0.1) is 0 Å². The van der Waals surface area contributed by atoms with Crippen LogP contribution < -0.4 is 10.0 Å². The molecule has 7 nitrogen and oxygen atoms in total. The van der Waals surface area contributed by atoms with Crippen molar-refractivity contribution in [3.8, 4) is 0 Å². The molecule has 1 aromatic rings. The zero-order valence-corrected chi connectivity index (χ0v) is 11.0. The summed E-state index contributed by atoms with van der Waals surface area (Å²) >= 11 is 0. The van der Waals surface area contributed by atoms with E-state index in [9.17, 15) is 22.9 Å². The normalized spacial score (nSPS) is 11.3. The average Bonchev–Trinajstić information content (AvgIpc) is 2.31. The maximum absolute atomic E-state index is 13.4. The predicted molar refractivity (Wildman–Crippen MR) is 69.0 cm³/mol. The highest BCUT2D eigenvalue weighted by Crippen LogP contribution is 2.22. The number of rotatable bonds is 7. The molecule has 1 rings (SSSR count). The molecule has 2 N–H and O–H groups in total. The number of nitrogens with zero attached hydrogens (tertiary/aromatic N) is 1. The second-order valence-corrected chi connectivity index (χ2v) is 5.54. The minimum absolute atomic E-state index is 0.211. The van der Waals surface area contributed by atoms with E-state index in [-0.39, 0.29) is 18.0 Å². The fourth-order valence-corrected chi connectivity index (χ4v) is 2.31. The zero-order chi connectivity index (χ0) is 14.5. The van der Waals surface area contributed by atoms with Gasteiger partial charge >= 0.3 is 0 Å². The van der Waals surface area contributed by atoms with Gasteiger partial charge in [-0.25, -0.2) is 12.8 Å². The summed E-state index contributed by atoms with van der Waals surface area (Å²) in [6.45, 7) is 2.64. The third kappa shape index (κ3) is 4.79. The summed E-state index contributed by atoms with van der Waals surface area (Å²) < 4.78 is 38.6. The van der Waals surface area contributed by atoms with E-state index in [4.69, 9.17) is 0 Å². The van der Waals surface area contributed by atoms with Crippen LogP contribution in [-0.2, 0) is 10.0 Å². The molecule has 0 fully saturated rings. The molecule has 0 aliphatic carbocycles. The Hall–Kier alpha value is -1.74. The summed E-state index contributed by atoms with van der Waals surface area (Å²) in [4.78, 5) is 9.81. The monoisotopic (exact) mass is 291 g/mol. The number of halogens is 1. The third-order valence-electron chi connectivity index (χ3n) is 2.22. The van der Waals surface area contributed by atoms with E-state index in [1.165, 1.54) is 0 Å². The van der Waals surface area contributed by atoms with Crippen LogP contribution in [0.5, 0.6) is 0 Å². The van der Waals surface area contributed by atoms with Crippen molar-refractivity contribution in [1.29, 1.82) is 0 Å². The molecule has 0 heterocycles. The molecule has 9 heteroatoms. The molecule has 0 atom stereocenters. The highest BCUT2D eigenvalue weighted by atomic mass is 32.2. The van der Waals surface area contributed by atoms with E-state index in [2.05, 4.69) is 5.32 Å². The molecule has 106 valence electrons. The molecule has 0 bridgehead atoms. The van der Waals surface area contributed by atoms with Crippen LogP contribution in [0.15, 0.2) is 18.2 Å². The summed E-state index contributed by atoms with van der Waals surface area (Å²) in [5.41, 5.74) is -0.809. The lowest BCUT2D eigenvalue weighted by atomic mass is 10.3. The van der Waals surface area contributed by atoms with Crippen molar-refractivity contribution < 1.29 is 17.7 Å². The Balaban J connectivity index is 2.86. The van der Waals surface area contributed by atoms with Crippen molar-refractivity contribution in [1.82, 2.24) is 5.32 Å². The number of benzene rings is 1. The van der Waals surface area contributed by atoms with Gasteiger partial charge < -0.3 is 5.32 Å². The molecule has 0 radical (unpaired) electrons. The van der Waals surface area contributed by atoms with Gasteiger partial charge in [0, 0.05) is 18.7 Å². The van der Waals surface area contributed by atoms with Gasteiger partial charge in [0.05, 0.1) is 16.4 Å². The third-order valence-corrected chi connectivity index (χ3v) is 3.50. The van der Waals surface area contributed by atoms with Crippen LogP contribution in [0.3, 0.4) is 0 Å². The molecular formula is C10H14FN3O4S. The lowest BCUT2D eigenvalue weighted by Gasteiger charge is -2.08. The van der Waals surface area contributed by atoms with Crippen LogP contribution in [0.4, 0.5) is 15.8 Å². The van der Waals surface area contributed by atoms with Crippen LogP contribution in [0, 0.1) is 15.9 Å². The van der Waals surface area contributed by atoms with Gasteiger partial charge in [0.1, 0.15) is 5.82 Å². The van der Waals surface area contributed by atoms with Gasteiger partial charge in [-0.3, -0.25) is 14.8 Å². The van der Waals surface area contributed by atoms with E-state index in [0.29, 0.717) is 6.54 Å². The molecule has 0 saturated carbocycles. The highest BCUT2D eigenvalue weighted by molar-refractivity contribution is 7.92. The summed E-state index contributed by atoms with van der Waals surface area (Å²) in [7, 11) is -3.75. The second-order valence-electron chi connectivity index (χ2n) is 3.70. The molecule has 1 aromatic carbocycles. The minimum Gasteiger partial charge on any atom is -0.316 e. The van der Waals surface area contributed by atoms with Crippen LogP contribution in [0.2, 0.25) is 0 Å². The molecular weight excluding hydrogens is 277 g/mol. The SMILES string of the molecule is CCNCCS(=O)(=O)Nc1cc([N+](=O)[O-])ccc1F. The van der Waals surface area contributed by atoms with E-state index < -0.39 is 26.5 Å². The van der Waals surface area contributed by atoms with Crippen molar-refractivity contribution in [3.05, 3.63) is 34.1 Å². The number of sulfonamides is 1. The van der Waals surface area contributed by atoms with Gasteiger partial charge in [0.15, 0.2) is 0 Å². The van der Waals surface area contributed by atoms with Crippen molar-refractivity contribution in [3.63, 3.8) is 0 Å². The summed E-state index contributed by atoms with van der Waals surface area (Å²) in [5.74, 6) is -1.11. The predicted octanol–water partition coefficient (Wildman–Crippen LogP) is 1.09. The number of hydrogen-bond donors (Lipinski definition) is 2. The molecule has 19 heavy (non-hydrogen) atoms. The first kappa shape index (κ1) is 15.3. The van der Waals surface area contributed by atoms with Crippen molar-refractivity contribution in [2.24, 2.45) is 0 Å². The average molecular weight is 291 g/mol. The quantitative estimate of drug-likeness (QED) is 0.445. The lowest BCUT2D eigenvalue weighted by Crippen LogP contribution is -2.26. The highest BCUT2D eigenvalue weighted by Gasteiger charge is 2.16. The minimum atomic E-state index is -3.75. The molecule has 0 spiro atoms. The maximum Gasteiger partial charge on any atom is 0.271 e. The first-order valence-electron chi connectivity index (χ1n) is 5.51. The Morgan fingerprint density at radius 1 is 1.42 bits per heavy atom. The van der Waals surface area contributed by atoms with Gasteiger partial charge in [-0.1, -0.05) is 6.92 Å².